The quantitative estimate of drug-likeness (QED) is 0.613. The molecule has 0 aliphatic carbocycles. The van der Waals surface area contributed by atoms with Crippen LogP contribution >= 0.6 is 0 Å². The highest BCUT2D eigenvalue weighted by atomic mass is 32.2. The molecule has 0 aliphatic heterocycles. The van der Waals surface area contributed by atoms with Crippen LogP contribution in [-0.2, 0) is 14.5 Å². The molecule has 56 valence electrons. The van der Waals surface area contributed by atoms with E-state index in [0.717, 1.165) is 0 Å². The summed E-state index contributed by atoms with van der Waals surface area (Å²) in [6.45, 7) is 3.83. The van der Waals surface area contributed by atoms with Crippen LogP contribution in [0.1, 0.15) is 13.8 Å². The Balaban J connectivity index is 3.53. The summed E-state index contributed by atoms with van der Waals surface area (Å²) in [7, 11) is -3.72. The van der Waals surface area contributed by atoms with Gasteiger partial charge in [-0.15, -0.1) is 0 Å². The molecule has 2 N–H and O–H groups in total. The smallest absolute Gasteiger partial charge is 0.258 e. The molecule has 0 saturated heterocycles. The van der Waals surface area contributed by atoms with Gasteiger partial charge >= 0.3 is 10.3 Å². The van der Waals surface area contributed by atoms with Gasteiger partial charge in [0.2, 0.25) is 0 Å². The highest BCUT2D eigenvalue weighted by Gasteiger charge is 2.02. The maximum atomic E-state index is 10.1. The molecular formula is C4H11NO3S. The molecule has 0 unspecified atom stereocenters. The van der Waals surface area contributed by atoms with Crippen molar-refractivity contribution < 1.29 is 12.6 Å². The maximum absolute atomic E-state index is 10.1. The molecule has 0 heterocycles. The van der Waals surface area contributed by atoms with Gasteiger partial charge < -0.3 is 0 Å². The van der Waals surface area contributed by atoms with E-state index in [0.29, 0.717) is 0 Å². The first kappa shape index (κ1) is 8.87. The van der Waals surface area contributed by atoms with Crippen LogP contribution in [-0.4, -0.2) is 15.0 Å². The third kappa shape index (κ3) is 7.87. The fraction of sp³-hybridized carbons (Fsp3) is 1.00. The Morgan fingerprint density at radius 3 is 2.11 bits per heavy atom. The van der Waals surface area contributed by atoms with Crippen LogP contribution in [0.15, 0.2) is 0 Å². The zero-order valence-corrected chi connectivity index (χ0v) is 6.31. The summed E-state index contributed by atoms with van der Waals surface area (Å²) < 4.78 is 24.4. The summed E-state index contributed by atoms with van der Waals surface area (Å²) in [6, 6.07) is 0. The second kappa shape index (κ2) is 3.14. The molecule has 0 amide bonds. The van der Waals surface area contributed by atoms with Crippen molar-refractivity contribution in [2.24, 2.45) is 11.1 Å². The maximum Gasteiger partial charge on any atom is 0.333 e. The van der Waals surface area contributed by atoms with Crippen LogP contribution in [0.3, 0.4) is 0 Å². The van der Waals surface area contributed by atoms with Gasteiger partial charge in [0.05, 0.1) is 6.61 Å². The van der Waals surface area contributed by atoms with Gasteiger partial charge in [-0.25, -0.2) is 5.14 Å². The molecule has 5 heteroatoms. The van der Waals surface area contributed by atoms with Crippen molar-refractivity contribution in [2.75, 3.05) is 6.61 Å². The molecule has 0 saturated carbocycles. The predicted octanol–water partition coefficient (Wildman–Crippen LogP) is -0.137. The Bertz CT molecular complexity index is 161. The van der Waals surface area contributed by atoms with Crippen LogP contribution < -0.4 is 5.14 Å². The summed E-state index contributed by atoms with van der Waals surface area (Å²) in [5, 5.41) is 4.53. The molecule has 0 bridgehead atoms. The van der Waals surface area contributed by atoms with E-state index in [-0.39, 0.29) is 12.5 Å². The Kier molecular flexibility index (Phi) is 3.10. The van der Waals surface area contributed by atoms with Crippen molar-refractivity contribution in [2.45, 2.75) is 13.8 Å². The number of rotatable bonds is 3. The largest absolute Gasteiger partial charge is 0.333 e. The zero-order chi connectivity index (χ0) is 7.49. The molecule has 0 atom stereocenters. The van der Waals surface area contributed by atoms with E-state index in [9.17, 15) is 8.42 Å². The number of hydrogen-bond acceptors (Lipinski definition) is 3. The molecular weight excluding hydrogens is 142 g/mol. The van der Waals surface area contributed by atoms with Crippen molar-refractivity contribution in [1.29, 1.82) is 0 Å². The summed E-state index contributed by atoms with van der Waals surface area (Å²) in [6.07, 6.45) is 0. The Morgan fingerprint density at radius 2 is 2.00 bits per heavy atom. The number of hydrogen-bond donors (Lipinski definition) is 1. The minimum atomic E-state index is -3.72. The monoisotopic (exact) mass is 153 g/mol. The van der Waals surface area contributed by atoms with Crippen LogP contribution in [0.25, 0.3) is 0 Å². The molecule has 0 aliphatic rings. The van der Waals surface area contributed by atoms with E-state index in [1.807, 2.05) is 13.8 Å². The van der Waals surface area contributed by atoms with E-state index >= 15 is 0 Å². The van der Waals surface area contributed by atoms with Crippen molar-refractivity contribution in [3.8, 4) is 0 Å². The van der Waals surface area contributed by atoms with Gasteiger partial charge in [0.25, 0.3) is 0 Å². The van der Waals surface area contributed by atoms with Gasteiger partial charge in [-0.3, -0.25) is 4.18 Å². The number of nitrogens with two attached hydrogens (primary N) is 1. The zero-order valence-electron chi connectivity index (χ0n) is 5.49. The average molecular weight is 153 g/mol. The first-order valence-corrected chi connectivity index (χ1v) is 4.06. The molecule has 0 fully saturated rings. The highest BCUT2D eigenvalue weighted by molar-refractivity contribution is 7.84. The van der Waals surface area contributed by atoms with Crippen LogP contribution in [0.2, 0.25) is 0 Å². The molecule has 0 radical (unpaired) electrons. The van der Waals surface area contributed by atoms with E-state index in [1.54, 1.807) is 0 Å². The van der Waals surface area contributed by atoms with Gasteiger partial charge in [0.1, 0.15) is 0 Å². The van der Waals surface area contributed by atoms with Crippen molar-refractivity contribution in [3.05, 3.63) is 0 Å². The minimum absolute atomic E-state index is 0.152. The molecule has 0 aromatic carbocycles. The molecule has 4 nitrogen and oxygen atoms in total. The standard InChI is InChI=1S/C4H11NO3S/c1-4(2)3-8-9(5,6)7/h4H,3H2,1-2H3,(H2,5,6,7). The van der Waals surface area contributed by atoms with Crippen LogP contribution in [0, 0.1) is 5.92 Å². The molecule has 9 heavy (non-hydrogen) atoms. The summed E-state index contributed by atoms with van der Waals surface area (Å²) in [4.78, 5) is 0. The van der Waals surface area contributed by atoms with Gasteiger partial charge in [-0.2, -0.15) is 8.42 Å². The molecule has 0 aromatic heterocycles. The normalized spacial score (nSPS) is 12.4. The average Bonchev–Trinajstić information content (AvgIpc) is 1.59. The van der Waals surface area contributed by atoms with Crippen molar-refractivity contribution in [3.63, 3.8) is 0 Å². The Hall–Kier alpha value is -0.130. The van der Waals surface area contributed by atoms with Crippen LogP contribution in [0.5, 0.6) is 0 Å². The van der Waals surface area contributed by atoms with Gasteiger partial charge in [0.15, 0.2) is 0 Å². The van der Waals surface area contributed by atoms with E-state index in [4.69, 9.17) is 0 Å². The third-order valence-electron chi connectivity index (χ3n) is 0.566. The predicted molar refractivity (Wildman–Crippen MR) is 33.9 cm³/mol. The van der Waals surface area contributed by atoms with Crippen molar-refractivity contribution >= 4 is 10.3 Å². The SMILES string of the molecule is CC(C)COS(N)(=O)=O. The van der Waals surface area contributed by atoms with Gasteiger partial charge in [-0.05, 0) is 5.92 Å². The second-order valence-corrected chi connectivity index (χ2v) is 3.39. The van der Waals surface area contributed by atoms with Gasteiger partial charge in [-0.1, -0.05) is 13.8 Å². The highest BCUT2D eigenvalue weighted by Crippen LogP contribution is 1.93. The fourth-order valence-electron chi connectivity index (χ4n) is 0.231. The van der Waals surface area contributed by atoms with Crippen LogP contribution in [0.4, 0.5) is 0 Å². The lowest BCUT2D eigenvalue weighted by molar-refractivity contribution is 0.275. The lowest BCUT2D eigenvalue weighted by Gasteiger charge is -2.01. The van der Waals surface area contributed by atoms with Crippen molar-refractivity contribution in [1.82, 2.24) is 0 Å². The Morgan fingerprint density at radius 1 is 1.56 bits per heavy atom. The summed E-state index contributed by atoms with van der Waals surface area (Å²) in [5.41, 5.74) is 0. The fourth-order valence-corrected chi connectivity index (χ4v) is 0.693. The van der Waals surface area contributed by atoms with E-state index < -0.39 is 10.3 Å². The Labute approximate surface area is 55.3 Å². The van der Waals surface area contributed by atoms with Gasteiger partial charge in [0, 0.05) is 0 Å². The van der Waals surface area contributed by atoms with E-state index in [1.165, 1.54) is 0 Å². The molecule has 0 spiro atoms. The lowest BCUT2D eigenvalue weighted by Crippen LogP contribution is -2.18. The molecule has 0 rings (SSSR count). The first-order valence-electron chi connectivity index (χ1n) is 2.59. The molecule has 0 aromatic rings. The lowest BCUT2D eigenvalue weighted by atomic mass is 10.2. The minimum Gasteiger partial charge on any atom is -0.258 e. The summed E-state index contributed by atoms with van der Waals surface area (Å²) in [5.74, 6) is 0.184. The van der Waals surface area contributed by atoms with E-state index in [2.05, 4.69) is 9.32 Å². The summed E-state index contributed by atoms with van der Waals surface area (Å²) >= 11 is 0. The first-order chi connectivity index (χ1) is 3.92. The second-order valence-electron chi connectivity index (χ2n) is 2.17. The topological polar surface area (TPSA) is 69.4 Å². The third-order valence-corrected chi connectivity index (χ3v) is 1.03.